The van der Waals surface area contributed by atoms with Crippen LogP contribution in [0.2, 0.25) is 0 Å². The summed E-state index contributed by atoms with van der Waals surface area (Å²) in [4.78, 5) is 61.7. The molecule has 8 atom stereocenters. The second kappa shape index (κ2) is 12.6. The number of rotatable bonds is 11. The molecule has 0 radical (unpaired) electrons. The third-order valence-electron chi connectivity index (χ3n) is 11.3. The molecule has 1 aromatic carbocycles. The van der Waals surface area contributed by atoms with Crippen molar-refractivity contribution in [3.05, 3.63) is 59.7 Å². The van der Waals surface area contributed by atoms with Crippen molar-refractivity contribution in [3.63, 3.8) is 0 Å². The number of carbonyl (C=O) groups excluding carboxylic acids is 4. The molecule has 0 aromatic heterocycles. The Balaban J connectivity index is 1.14. The quantitative estimate of drug-likeness (QED) is 0.271. The Morgan fingerprint density at radius 1 is 1.09 bits per heavy atom. The van der Waals surface area contributed by atoms with E-state index in [4.69, 9.17) is 4.74 Å². The van der Waals surface area contributed by atoms with Gasteiger partial charge in [-0.05, 0) is 61.7 Å². The molecule has 0 spiro atoms. The van der Waals surface area contributed by atoms with Gasteiger partial charge < -0.3 is 25.4 Å². The first kappa shape index (κ1) is 32.8. The zero-order valence-corrected chi connectivity index (χ0v) is 25.9. The van der Waals surface area contributed by atoms with Crippen molar-refractivity contribution in [2.24, 2.45) is 28.6 Å². The van der Waals surface area contributed by atoms with Crippen LogP contribution in [0.4, 0.5) is 0 Å². The first-order chi connectivity index (χ1) is 21.3. The van der Waals surface area contributed by atoms with Gasteiger partial charge in [0.2, 0.25) is 11.7 Å². The van der Waals surface area contributed by atoms with Crippen molar-refractivity contribution in [1.29, 1.82) is 0 Å². The number of carboxylic acid groups (broad SMARTS) is 1. The predicted octanol–water partition coefficient (Wildman–Crippen LogP) is 3.26. The van der Waals surface area contributed by atoms with Crippen LogP contribution in [-0.4, -0.2) is 69.6 Å². The second-order valence-electron chi connectivity index (χ2n) is 13.7. The van der Waals surface area contributed by atoms with Crippen LogP contribution >= 0.6 is 0 Å². The number of fused-ring (bicyclic) bond motifs is 5. The molecule has 10 heteroatoms. The summed E-state index contributed by atoms with van der Waals surface area (Å²) in [5.41, 5.74) is -1.33. The zero-order valence-electron chi connectivity index (χ0n) is 25.9. The number of hydrogen-bond donors (Lipinski definition) is 4. The number of hydrogen-bond acceptors (Lipinski definition) is 8. The number of ether oxygens (including phenoxy) is 1. The smallest absolute Gasteiger partial charge is 0.306 e. The van der Waals surface area contributed by atoms with Crippen LogP contribution in [0.3, 0.4) is 0 Å². The van der Waals surface area contributed by atoms with Gasteiger partial charge in [-0.3, -0.25) is 24.0 Å². The van der Waals surface area contributed by atoms with Gasteiger partial charge >= 0.3 is 11.9 Å². The average molecular weight is 622 g/mol. The van der Waals surface area contributed by atoms with Gasteiger partial charge in [-0.1, -0.05) is 55.8 Å². The summed E-state index contributed by atoms with van der Waals surface area (Å²) < 4.78 is 5.22. The average Bonchev–Trinajstić information content (AvgIpc) is 3.27. The monoisotopic (exact) mass is 621 g/mol. The molecular weight excluding hydrogens is 578 g/mol. The highest BCUT2D eigenvalue weighted by atomic mass is 16.5. The van der Waals surface area contributed by atoms with Gasteiger partial charge in [-0.15, -0.1) is 0 Å². The van der Waals surface area contributed by atoms with E-state index in [-0.39, 0.29) is 62.2 Å². The van der Waals surface area contributed by atoms with Gasteiger partial charge in [-0.25, -0.2) is 0 Å². The lowest BCUT2D eigenvalue weighted by Crippen LogP contribution is -2.61. The molecule has 45 heavy (non-hydrogen) atoms. The van der Waals surface area contributed by atoms with E-state index < -0.39 is 58.7 Å². The second-order valence-corrected chi connectivity index (χ2v) is 13.7. The van der Waals surface area contributed by atoms with E-state index in [1.54, 1.807) is 36.4 Å². The number of esters is 1. The Bertz CT molecular complexity index is 1420. The first-order valence-electron chi connectivity index (χ1n) is 15.9. The fourth-order valence-corrected chi connectivity index (χ4v) is 8.91. The fraction of sp³-hybridized carbons (Fsp3) is 0.571. The van der Waals surface area contributed by atoms with Crippen molar-refractivity contribution in [2.75, 3.05) is 13.2 Å². The number of aliphatic hydroxyl groups is 2. The van der Waals surface area contributed by atoms with Crippen LogP contribution in [-0.2, 0) is 28.7 Å². The van der Waals surface area contributed by atoms with E-state index in [9.17, 15) is 39.3 Å². The third kappa shape index (κ3) is 6.14. The van der Waals surface area contributed by atoms with Crippen molar-refractivity contribution in [3.8, 4) is 0 Å². The van der Waals surface area contributed by atoms with E-state index >= 15 is 0 Å². The lowest BCUT2D eigenvalue weighted by Gasteiger charge is -2.59. The lowest BCUT2D eigenvalue weighted by atomic mass is 9.46. The number of aliphatic hydroxyl groups excluding tert-OH is 1. The van der Waals surface area contributed by atoms with Crippen molar-refractivity contribution in [1.82, 2.24) is 5.32 Å². The highest BCUT2D eigenvalue weighted by Crippen LogP contribution is 2.67. The lowest BCUT2D eigenvalue weighted by molar-refractivity contribution is -0.181. The molecule has 0 aliphatic heterocycles. The molecule has 242 valence electrons. The molecule has 1 amide bonds. The number of benzene rings is 1. The van der Waals surface area contributed by atoms with Crippen molar-refractivity contribution >= 4 is 29.4 Å². The van der Waals surface area contributed by atoms with Crippen LogP contribution in [0.25, 0.3) is 0 Å². The maximum atomic E-state index is 13.5. The summed E-state index contributed by atoms with van der Waals surface area (Å²) in [6, 6.07) is 8.99. The summed E-state index contributed by atoms with van der Waals surface area (Å²) >= 11 is 0. The van der Waals surface area contributed by atoms with Crippen LogP contribution in [0, 0.1) is 28.6 Å². The number of carbonyl (C=O) groups is 5. The minimum atomic E-state index is -1.77. The van der Waals surface area contributed by atoms with Crippen molar-refractivity contribution < 1.29 is 44.0 Å². The van der Waals surface area contributed by atoms with E-state index in [1.807, 2.05) is 19.1 Å². The molecule has 1 aromatic rings. The summed E-state index contributed by atoms with van der Waals surface area (Å²) in [5, 5.41) is 35.3. The number of amides is 1. The summed E-state index contributed by atoms with van der Waals surface area (Å²) in [7, 11) is 0. The predicted molar refractivity (Wildman–Crippen MR) is 163 cm³/mol. The minimum Gasteiger partial charge on any atom is -0.481 e. The van der Waals surface area contributed by atoms with Crippen LogP contribution in [0.1, 0.15) is 76.7 Å². The third-order valence-corrected chi connectivity index (χ3v) is 11.3. The van der Waals surface area contributed by atoms with E-state index in [1.165, 1.54) is 0 Å². The number of Topliss-reactive ketones (excluding diaryl/α,β-unsaturated/α-hetero) is 1. The molecule has 10 nitrogen and oxygen atoms in total. The van der Waals surface area contributed by atoms with Crippen molar-refractivity contribution in [2.45, 2.75) is 82.8 Å². The van der Waals surface area contributed by atoms with Crippen LogP contribution in [0.5, 0.6) is 0 Å². The molecule has 4 aliphatic rings. The van der Waals surface area contributed by atoms with E-state index in [0.29, 0.717) is 6.42 Å². The molecule has 0 saturated heterocycles. The van der Waals surface area contributed by atoms with Gasteiger partial charge in [0.1, 0.15) is 5.60 Å². The Labute approximate surface area is 262 Å². The van der Waals surface area contributed by atoms with Gasteiger partial charge in [-0.2, -0.15) is 0 Å². The van der Waals surface area contributed by atoms with Gasteiger partial charge in [0, 0.05) is 35.6 Å². The Morgan fingerprint density at radius 3 is 2.53 bits per heavy atom. The molecule has 3 fully saturated rings. The summed E-state index contributed by atoms with van der Waals surface area (Å²) in [6.07, 6.45) is 6.23. The zero-order chi connectivity index (χ0) is 32.6. The summed E-state index contributed by atoms with van der Waals surface area (Å²) in [5.74, 6) is -3.37. The van der Waals surface area contributed by atoms with E-state index in [2.05, 4.69) is 12.2 Å². The van der Waals surface area contributed by atoms with Crippen LogP contribution < -0.4 is 5.32 Å². The normalized spacial score (nSPS) is 34.0. The maximum Gasteiger partial charge on any atom is 0.306 e. The topological polar surface area (TPSA) is 167 Å². The molecule has 0 unspecified atom stereocenters. The van der Waals surface area contributed by atoms with Gasteiger partial charge in [0.05, 0.1) is 18.9 Å². The molecule has 4 N–H and O–H groups in total. The highest BCUT2D eigenvalue weighted by Gasteiger charge is 2.68. The standard InChI is InChI=1S/C35H43NO9/c1-33-14-12-24(37)17-23(33)8-9-25-26-13-15-35(44,34(26,2)18-27(38)32(25)33)28(39)20-45-31(43)11-10-29(40)36-19-22(16-30(41)42)21-6-4-3-5-7-21/h3-7,12,14,17,22,25-27,32,38,44H,8-11,13,15-16,18-20H2,1-2H3,(H,36,40)(H,41,42)/t22-,25-,26+,27+,32+,33+,34+,35-/m1/s1. The molecule has 0 heterocycles. The minimum absolute atomic E-state index is 0.0236. The molecule has 5 rings (SSSR count). The van der Waals surface area contributed by atoms with Crippen LogP contribution in [0.15, 0.2) is 54.1 Å². The SMILES string of the molecule is C[C@]12C=CC(=O)C=C1CC[C@H]1[C@H]2[C@@H](O)C[C@@]2(C)[C@H]1CC[C@@]2(O)C(=O)COC(=O)CCC(=O)NC[C@@H](CC(=O)O)c1ccccc1. The number of ketones is 2. The number of aliphatic carboxylic acids is 1. The molecule has 0 bridgehead atoms. The fourth-order valence-electron chi connectivity index (χ4n) is 8.91. The Morgan fingerprint density at radius 2 is 1.82 bits per heavy atom. The molecule has 4 aliphatic carbocycles. The number of allylic oxidation sites excluding steroid dienone is 4. The van der Waals surface area contributed by atoms with Gasteiger partial charge in [0.25, 0.3) is 0 Å². The molecule has 3 saturated carbocycles. The Kier molecular flexibility index (Phi) is 9.20. The van der Waals surface area contributed by atoms with E-state index in [0.717, 1.165) is 24.0 Å². The highest BCUT2D eigenvalue weighted by molar-refractivity contribution is 6.01. The van der Waals surface area contributed by atoms with Gasteiger partial charge in [0.15, 0.2) is 12.4 Å². The maximum absolute atomic E-state index is 13.5. The largest absolute Gasteiger partial charge is 0.481 e. The number of carboxylic acids is 1. The Hall–Kier alpha value is -3.63. The summed E-state index contributed by atoms with van der Waals surface area (Å²) in [6.45, 7) is 3.38. The molecular formula is C35H43NO9. The first-order valence-corrected chi connectivity index (χ1v) is 15.9. The number of nitrogens with one attached hydrogen (secondary N) is 1.